The van der Waals surface area contributed by atoms with E-state index in [4.69, 9.17) is 9.73 Å². The molecule has 1 aliphatic carbocycles. The molecule has 2 fully saturated rings. The molecular weight excluding hydrogens is 272 g/mol. The van der Waals surface area contributed by atoms with Crippen LogP contribution in [-0.2, 0) is 0 Å². The number of nitrogens with one attached hydrogen (secondary N) is 1. The molecule has 1 aliphatic heterocycles. The van der Waals surface area contributed by atoms with Crippen molar-refractivity contribution in [3.05, 3.63) is 41.6 Å². The molecule has 0 unspecified atom stereocenters. The number of aliphatic imine (C=N–C) groups is 1. The van der Waals surface area contributed by atoms with Gasteiger partial charge in [-0.05, 0) is 61.6 Å². The van der Waals surface area contributed by atoms with Crippen molar-refractivity contribution in [3.63, 3.8) is 0 Å². The zero-order valence-corrected chi connectivity index (χ0v) is 13.5. The summed E-state index contributed by atoms with van der Waals surface area (Å²) < 4.78 is 5.26. The van der Waals surface area contributed by atoms with Gasteiger partial charge in [-0.3, -0.25) is 4.99 Å². The summed E-state index contributed by atoms with van der Waals surface area (Å²) in [7, 11) is 1.70. The molecule has 0 aromatic heterocycles. The minimum atomic E-state index is 0.490. The topological polar surface area (TPSA) is 33.6 Å². The minimum absolute atomic E-state index is 0.490. The van der Waals surface area contributed by atoms with E-state index in [1.165, 1.54) is 49.8 Å². The number of allylic oxidation sites excluding steroid dienone is 2. The van der Waals surface area contributed by atoms with Gasteiger partial charge < -0.3 is 10.1 Å². The van der Waals surface area contributed by atoms with Crippen molar-refractivity contribution < 1.29 is 4.74 Å². The number of ether oxygens (including phenoxy) is 1. The second-order valence-corrected chi connectivity index (χ2v) is 6.23. The molecule has 1 heterocycles. The fourth-order valence-corrected chi connectivity index (χ4v) is 3.27. The number of rotatable bonds is 4. The van der Waals surface area contributed by atoms with E-state index in [1.807, 2.05) is 12.1 Å². The van der Waals surface area contributed by atoms with Crippen molar-refractivity contribution in [1.82, 2.24) is 5.32 Å². The Hall–Kier alpha value is -1.77. The van der Waals surface area contributed by atoms with Crippen molar-refractivity contribution in [1.29, 1.82) is 0 Å². The standard InChI is InChI=1S/C19H26N2O/c1-22-18-11-9-15(10-12-18)19(14-17-8-5-13-20-17)21-16-6-3-2-4-7-16/h9-12,14,16,20H,2-8,13H2,1H3/b17-14-,21-19+. The Balaban J connectivity index is 1.86. The number of methoxy groups -OCH3 is 1. The van der Waals surface area contributed by atoms with Crippen molar-refractivity contribution in [2.75, 3.05) is 13.7 Å². The predicted molar refractivity (Wildman–Crippen MR) is 91.7 cm³/mol. The van der Waals surface area contributed by atoms with E-state index >= 15 is 0 Å². The average molecular weight is 298 g/mol. The summed E-state index contributed by atoms with van der Waals surface area (Å²) in [5, 5.41) is 3.47. The molecule has 1 aromatic rings. The third-order valence-corrected chi connectivity index (χ3v) is 4.57. The normalized spacial score (nSPS) is 21.9. The molecule has 2 aliphatic rings. The zero-order valence-electron chi connectivity index (χ0n) is 13.5. The van der Waals surface area contributed by atoms with Gasteiger partial charge >= 0.3 is 0 Å². The van der Waals surface area contributed by atoms with Gasteiger partial charge in [0.05, 0.1) is 18.9 Å². The highest BCUT2D eigenvalue weighted by atomic mass is 16.5. The first-order valence-electron chi connectivity index (χ1n) is 8.52. The highest BCUT2D eigenvalue weighted by Crippen LogP contribution is 2.22. The monoisotopic (exact) mass is 298 g/mol. The van der Waals surface area contributed by atoms with Crippen molar-refractivity contribution in [2.45, 2.75) is 51.0 Å². The number of nitrogens with zero attached hydrogens (tertiary/aromatic N) is 1. The van der Waals surface area contributed by atoms with Crippen LogP contribution in [0, 0.1) is 0 Å². The van der Waals surface area contributed by atoms with Crippen LogP contribution in [0.25, 0.3) is 0 Å². The van der Waals surface area contributed by atoms with E-state index in [0.717, 1.165) is 24.4 Å². The predicted octanol–water partition coefficient (Wildman–Crippen LogP) is 4.08. The van der Waals surface area contributed by atoms with Gasteiger partial charge in [0.25, 0.3) is 0 Å². The van der Waals surface area contributed by atoms with Crippen LogP contribution >= 0.6 is 0 Å². The van der Waals surface area contributed by atoms with E-state index in [0.29, 0.717) is 6.04 Å². The van der Waals surface area contributed by atoms with Gasteiger partial charge in [0.2, 0.25) is 0 Å². The Morgan fingerprint density at radius 3 is 2.55 bits per heavy atom. The lowest BCUT2D eigenvalue weighted by Crippen LogP contribution is -2.14. The van der Waals surface area contributed by atoms with Crippen LogP contribution in [0.1, 0.15) is 50.5 Å². The Bertz CT molecular complexity index is 531. The maximum absolute atomic E-state index is 5.26. The largest absolute Gasteiger partial charge is 0.497 e. The smallest absolute Gasteiger partial charge is 0.118 e. The van der Waals surface area contributed by atoms with Crippen LogP contribution in [0.4, 0.5) is 0 Å². The summed E-state index contributed by atoms with van der Waals surface area (Å²) in [5.74, 6) is 0.896. The molecule has 1 aromatic carbocycles. The Morgan fingerprint density at radius 1 is 1.14 bits per heavy atom. The van der Waals surface area contributed by atoms with E-state index in [-0.39, 0.29) is 0 Å². The SMILES string of the molecule is COc1ccc(C(/C=C2/CCCN2)=N/C2CCCCC2)cc1. The molecular formula is C19H26N2O. The lowest BCUT2D eigenvalue weighted by atomic mass is 9.95. The quantitative estimate of drug-likeness (QED) is 0.850. The third-order valence-electron chi connectivity index (χ3n) is 4.57. The summed E-state index contributed by atoms with van der Waals surface area (Å²) in [4.78, 5) is 5.08. The molecule has 0 spiro atoms. The molecule has 3 heteroatoms. The molecule has 3 rings (SSSR count). The number of benzene rings is 1. The van der Waals surface area contributed by atoms with Gasteiger partial charge in [-0.25, -0.2) is 0 Å². The van der Waals surface area contributed by atoms with Gasteiger partial charge in [0.1, 0.15) is 5.75 Å². The number of hydrogen-bond donors (Lipinski definition) is 1. The van der Waals surface area contributed by atoms with Crippen molar-refractivity contribution in [2.24, 2.45) is 4.99 Å². The maximum atomic E-state index is 5.26. The fourth-order valence-electron chi connectivity index (χ4n) is 3.27. The van der Waals surface area contributed by atoms with Gasteiger partial charge in [-0.2, -0.15) is 0 Å². The molecule has 0 atom stereocenters. The van der Waals surface area contributed by atoms with Gasteiger partial charge in [-0.15, -0.1) is 0 Å². The summed E-state index contributed by atoms with van der Waals surface area (Å²) in [6.45, 7) is 1.09. The first-order chi connectivity index (χ1) is 10.8. The lowest BCUT2D eigenvalue weighted by Gasteiger charge is -2.19. The molecule has 118 valence electrons. The molecule has 3 nitrogen and oxygen atoms in total. The van der Waals surface area contributed by atoms with Gasteiger partial charge in [0, 0.05) is 12.2 Å². The Labute approximate surface area is 133 Å². The van der Waals surface area contributed by atoms with Gasteiger partial charge in [0.15, 0.2) is 0 Å². The van der Waals surface area contributed by atoms with Gasteiger partial charge in [-0.1, -0.05) is 19.3 Å². The minimum Gasteiger partial charge on any atom is -0.497 e. The average Bonchev–Trinajstić information content (AvgIpc) is 3.08. The maximum Gasteiger partial charge on any atom is 0.118 e. The molecule has 1 saturated heterocycles. The van der Waals surface area contributed by atoms with Crippen LogP contribution in [0.2, 0.25) is 0 Å². The first kappa shape index (κ1) is 15.1. The van der Waals surface area contributed by atoms with Crippen LogP contribution < -0.4 is 10.1 Å². The second kappa shape index (κ2) is 7.48. The van der Waals surface area contributed by atoms with Crippen LogP contribution in [0.5, 0.6) is 5.75 Å². The van der Waals surface area contributed by atoms with Crippen molar-refractivity contribution in [3.8, 4) is 5.75 Å². The van der Waals surface area contributed by atoms with E-state index < -0.39 is 0 Å². The molecule has 1 N–H and O–H groups in total. The van der Waals surface area contributed by atoms with E-state index in [2.05, 4.69) is 23.5 Å². The van der Waals surface area contributed by atoms with Crippen LogP contribution in [0.3, 0.4) is 0 Å². The van der Waals surface area contributed by atoms with Crippen LogP contribution in [-0.4, -0.2) is 25.4 Å². The lowest BCUT2D eigenvalue weighted by molar-refractivity contribution is 0.415. The number of hydrogen-bond acceptors (Lipinski definition) is 3. The molecule has 0 amide bonds. The molecule has 1 saturated carbocycles. The molecule has 0 radical (unpaired) electrons. The summed E-state index contributed by atoms with van der Waals surface area (Å²) >= 11 is 0. The van der Waals surface area contributed by atoms with Crippen LogP contribution in [0.15, 0.2) is 41.0 Å². The highest BCUT2D eigenvalue weighted by molar-refractivity contribution is 6.09. The summed E-state index contributed by atoms with van der Waals surface area (Å²) in [6.07, 6.45) is 11.1. The Morgan fingerprint density at radius 2 is 1.91 bits per heavy atom. The fraction of sp³-hybridized carbons (Fsp3) is 0.526. The molecule has 0 bridgehead atoms. The third kappa shape index (κ3) is 3.90. The zero-order chi connectivity index (χ0) is 15.2. The molecule has 22 heavy (non-hydrogen) atoms. The Kier molecular flexibility index (Phi) is 5.15. The summed E-state index contributed by atoms with van der Waals surface area (Å²) in [6, 6.07) is 8.77. The second-order valence-electron chi connectivity index (χ2n) is 6.23. The highest BCUT2D eigenvalue weighted by Gasteiger charge is 2.14. The first-order valence-corrected chi connectivity index (χ1v) is 8.52. The van der Waals surface area contributed by atoms with E-state index in [9.17, 15) is 0 Å². The van der Waals surface area contributed by atoms with Crippen molar-refractivity contribution >= 4 is 5.71 Å². The summed E-state index contributed by atoms with van der Waals surface area (Å²) in [5.41, 5.74) is 3.64. The van der Waals surface area contributed by atoms with E-state index in [1.54, 1.807) is 7.11 Å².